The largest absolute Gasteiger partial charge is 1.00 e. The van der Waals surface area contributed by atoms with Crippen LogP contribution in [0.1, 0.15) is 91.8 Å². The van der Waals surface area contributed by atoms with Gasteiger partial charge in [0.25, 0.3) is 10.1 Å². The molecule has 146 valence electrons. The third-order valence-electron chi connectivity index (χ3n) is 4.52. The minimum Gasteiger partial charge on any atom is -1.00 e. The molecular formula is C21H37KO3S. The molecule has 0 fully saturated rings. The van der Waals surface area contributed by atoms with Crippen molar-refractivity contribution in [2.75, 3.05) is 6.61 Å². The molecule has 0 heterocycles. The molecule has 0 N–H and O–H groups in total. The standard InChI is InChI=1S/C21H36O3S.K.H/c1-2-3-4-5-6-7-8-9-10-11-12-13-17-20-24-25(22,23)21-18-15-14-16-19-21;;/h14-16,18-19H,2-13,17,20H2,1H3;;/q;+1;-1. The SMILES string of the molecule is CCCCCCCCCCCCCCCOS(=O)(=O)c1ccccc1.[H-].[K+]. The summed E-state index contributed by atoms with van der Waals surface area (Å²) < 4.78 is 28.9. The van der Waals surface area contributed by atoms with Crippen LogP contribution in [0.2, 0.25) is 0 Å². The molecule has 0 bridgehead atoms. The smallest absolute Gasteiger partial charge is 1.00 e. The maximum atomic E-state index is 11.9. The zero-order valence-electron chi connectivity index (χ0n) is 17.9. The predicted octanol–water partition coefficient (Wildman–Crippen LogP) is 3.60. The fourth-order valence-electron chi connectivity index (χ4n) is 2.94. The van der Waals surface area contributed by atoms with Crippen molar-refractivity contribution in [3.63, 3.8) is 0 Å². The predicted molar refractivity (Wildman–Crippen MR) is 106 cm³/mol. The molecule has 3 nitrogen and oxygen atoms in total. The van der Waals surface area contributed by atoms with Crippen molar-refractivity contribution in [1.82, 2.24) is 0 Å². The molecule has 0 aromatic heterocycles. The minimum absolute atomic E-state index is 0. The van der Waals surface area contributed by atoms with E-state index in [2.05, 4.69) is 6.92 Å². The van der Waals surface area contributed by atoms with Gasteiger partial charge in [-0.15, -0.1) is 0 Å². The topological polar surface area (TPSA) is 43.4 Å². The molecular weight excluding hydrogens is 371 g/mol. The summed E-state index contributed by atoms with van der Waals surface area (Å²) in [7, 11) is -3.58. The molecule has 26 heavy (non-hydrogen) atoms. The van der Waals surface area contributed by atoms with Crippen LogP contribution in [0.4, 0.5) is 0 Å². The van der Waals surface area contributed by atoms with Gasteiger partial charge in [-0.05, 0) is 18.6 Å². The van der Waals surface area contributed by atoms with Gasteiger partial charge in [-0.25, -0.2) is 0 Å². The zero-order chi connectivity index (χ0) is 18.2. The average molecular weight is 409 g/mol. The molecule has 1 aromatic carbocycles. The van der Waals surface area contributed by atoms with Crippen molar-refractivity contribution >= 4 is 10.1 Å². The van der Waals surface area contributed by atoms with Crippen LogP contribution in [-0.2, 0) is 14.3 Å². The minimum atomic E-state index is -3.58. The van der Waals surface area contributed by atoms with Gasteiger partial charge in [0, 0.05) is 0 Å². The Morgan fingerprint density at radius 3 is 1.62 bits per heavy atom. The maximum absolute atomic E-state index is 11.9. The molecule has 0 amide bonds. The Hall–Kier alpha value is 0.766. The third-order valence-corrected chi connectivity index (χ3v) is 5.84. The van der Waals surface area contributed by atoms with E-state index in [1.807, 2.05) is 0 Å². The van der Waals surface area contributed by atoms with Crippen LogP contribution >= 0.6 is 0 Å². The van der Waals surface area contributed by atoms with Crippen LogP contribution in [0.5, 0.6) is 0 Å². The monoisotopic (exact) mass is 408 g/mol. The second kappa shape index (κ2) is 17.8. The van der Waals surface area contributed by atoms with Gasteiger partial charge in [0.1, 0.15) is 0 Å². The van der Waals surface area contributed by atoms with Crippen LogP contribution in [-0.4, -0.2) is 15.0 Å². The first kappa shape index (κ1) is 26.8. The van der Waals surface area contributed by atoms with Crippen LogP contribution in [0.3, 0.4) is 0 Å². The van der Waals surface area contributed by atoms with Crippen molar-refractivity contribution in [1.29, 1.82) is 0 Å². The Balaban J connectivity index is 0. The summed E-state index contributed by atoms with van der Waals surface area (Å²) in [5, 5.41) is 0. The van der Waals surface area contributed by atoms with E-state index < -0.39 is 10.1 Å². The fourth-order valence-corrected chi connectivity index (χ4v) is 3.91. The van der Waals surface area contributed by atoms with E-state index in [4.69, 9.17) is 4.18 Å². The molecule has 0 aliphatic rings. The van der Waals surface area contributed by atoms with E-state index in [9.17, 15) is 8.42 Å². The van der Waals surface area contributed by atoms with E-state index >= 15 is 0 Å². The van der Waals surface area contributed by atoms with E-state index in [0.29, 0.717) is 0 Å². The summed E-state index contributed by atoms with van der Waals surface area (Å²) in [6.45, 7) is 2.54. The van der Waals surface area contributed by atoms with Gasteiger partial charge in [-0.3, -0.25) is 4.18 Å². The number of hydrogen-bond donors (Lipinski definition) is 0. The summed E-state index contributed by atoms with van der Waals surface area (Å²) in [4.78, 5) is 0.240. The van der Waals surface area contributed by atoms with Gasteiger partial charge < -0.3 is 1.43 Å². The van der Waals surface area contributed by atoms with Crippen molar-refractivity contribution in [3.8, 4) is 0 Å². The molecule has 1 rings (SSSR count). The van der Waals surface area contributed by atoms with Crippen LogP contribution in [0, 0.1) is 0 Å². The number of hydrogen-bond acceptors (Lipinski definition) is 3. The first-order chi connectivity index (χ1) is 12.2. The third kappa shape index (κ3) is 13.9. The molecule has 0 radical (unpaired) electrons. The molecule has 0 aliphatic carbocycles. The van der Waals surface area contributed by atoms with Crippen molar-refractivity contribution < 1.29 is 65.4 Å². The second-order valence-electron chi connectivity index (χ2n) is 6.83. The Bertz CT molecular complexity index is 523. The van der Waals surface area contributed by atoms with E-state index in [-0.39, 0.29) is 64.3 Å². The number of unbranched alkanes of at least 4 members (excludes halogenated alkanes) is 12. The van der Waals surface area contributed by atoms with Crippen molar-refractivity contribution in [2.24, 2.45) is 0 Å². The number of rotatable bonds is 16. The van der Waals surface area contributed by atoms with Crippen LogP contribution in [0.15, 0.2) is 35.2 Å². The zero-order valence-corrected chi connectivity index (χ0v) is 20.9. The fraction of sp³-hybridized carbons (Fsp3) is 0.714. The molecule has 0 atom stereocenters. The molecule has 5 heteroatoms. The van der Waals surface area contributed by atoms with Gasteiger partial charge in [-0.2, -0.15) is 8.42 Å². The average Bonchev–Trinajstić information content (AvgIpc) is 2.63. The summed E-state index contributed by atoms with van der Waals surface area (Å²) >= 11 is 0. The normalized spacial score (nSPS) is 11.3. The van der Waals surface area contributed by atoms with Crippen molar-refractivity contribution in [3.05, 3.63) is 30.3 Å². The van der Waals surface area contributed by atoms with Gasteiger partial charge in [0.15, 0.2) is 0 Å². The summed E-state index contributed by atoms with van der Waals surface area (Å²) in [5.41, 5.74) is 0. The quantitative estimate of drug-likeness (QED) is 0.238. The molecule has 0 unspecified atom stereocenters. The Kier molecular flexibility index (Phi) is 18.4. The first-order valence-corrected chi connectivity index (χ1v) is 11.5. The molecule has 0 saturated carbocycles. The Morgan fingerprint density at radius 1 is 0.731 bits per heavy atom. The van der Waals surface area contributed by atoms with E-state index in [1.54, 1.807) is 30.3 Å². The first-order valence-electron chi connectivity index (χ1n) is 10.1. The van der Waals surface area contributed by atoms with Crippen LogP contribution in [0.25, 0.3) is 0 Å². The van der Waals surface area contributed by atoms with Crippen molar-refractivity contribution in [2.45, 2.75) is 95.3 Å². The molecule has 0 aliphatic heterocycles. The van der Waals surface area contributed by atoms with Crippen LogP contribution < -0.4 is 51.4 Å². The van der Waals surface area contributed by atoms with Gasteiger partial charge in [-0.1, -0.05) is 102 Å². The van der Waals surface area contributed by atoms with Gasteiger partial charge in [0.05, 0.1) is 11.5 Å². The summed E-state index contributed by atoms with van der Waals surface area (Å²) in [5.74, 6) is 0. The molecule has 0 saturated heterocycles. The molecule has 0 spiro atoms. The maximum Gasteiger partial charge on any atom is 1.00 e. The summed E-state index contributed by atoms with van der Waals surface area (Å²) in [6, 6.07) is 8.35. The van der Waals surface area contributed by atoms with E-state index in [0.717, 1.165) is 12.8 Å². The van der Waals surface area contributed by atoms with Gasteiger partial charge >= 0.3 is 51.4 Å². The van der Waals surface area contributed by atoms with Gasteiger partial charge in [0.2, 0.25) is 0 Å². The summed E-state index contributed by atoms with van der Waals surface area (Å²) in [6.07, 6.45) is 16.6. The Labute approximate surface area is 205 Å². The Morgan fingerprint density at radius 2 is 1.15 bits per heavy atom. The second-order valence-corrected chi connectivity index (χ2v) is 8.45. The number of benzene rings is 1. The molecule has 1 aromatic rings. The van der Waals surface area contributed by atoms with E-state index in [1.165, 1.54) is 70.6 Å².